The van der Waals surface area contributed by atoms with E-state index in [1.54, 1.807) is 12.1 Å². The molecular formula is C24H26N4O4S. The smallest absolute Gasteiger partial charge is 0.330 e. The molecule has 33 heavy (non-hydrogen) atoms. The minimum atomic E-state index is -0.699. The van der Waals surface area contributed by atoms with Gasteiger partial charge in [-0.05, 0) is 36.8 Å². The van der Waals surface area contributed by atoms with Crippen molar-refractivity contribution in [1.29, 1.82) is 0 Å². The number of carbonyl (C=O) groups is 1. The van der Waals surface area contributed by atoms with Gasteiger partial charge in [-0.2, -0.15) is 0 Å². The summed E-state index contributed by atoms with van der Waals surface area (Å²) in [7, 11) is 0. The van der Waals surface area contributed by atoms with Crippen LogP contribution < -0.4 is 21.9 Å². The molecule has 0 aliphatic carbocycles. The van der Waals surface area contributed by atoms with Gasteiger partial charge in [0.25, 0.3) is 11.5 Å². The Balaban J connectivity index is 1.82. The fourth-order valence-electron chi connectivity index (χ4n) is 4.00. The van der Waals surface area contributed by atoms with Gasteiger partial charge in [0.2, 0.25) is 0 Å². The molecule has 0 radical (unpaired) electrons. The lowest BCUT2D eigenvalue weighted by Gasteiger charge is -2.27. The largest absolute Gasteiger partial charge is 0.383 e. The number of aromatic nitrogens is 2. The number of nitrogen functional groups attached to an aromatic ring is 1. The highest BCUT2D eigenvalue weighted by molar-refractivity contribution is 7.98. The zero-order valence-electron chi connectivity index (χ0n) is 18.3. The number of carbonyl (C=O) groups excluding carboxylic acids is 1. The molecule has 0 bridgehead atoms. The minimum Gasteiger partial charge on any atom is -0.383 e. The van der Waals surface area contributed by atoms with Crippen LogP contribution in [0.25, 0.3) is 0 Å². The molecule has 0 spiro atoms. The lowest BCUT2D eigenvalue weighted by molar-refractivity contribution is 0.0914. The number of rotatable bonds is 7. The van der Waals surface area contributed by atoms with Crippen molar-refractivity contribution in [3.05, 3.63) is 86.6 Å². The molecule has 1 amide bonds. The van der Waals surface area contributed by atoms with Crippen molar-refractivity contribution >= 4 is 29.2 Å². The highest BCUT2D eigenvalue weighted by Crippen LogP contribution is 2.27. The Labute approximate surface area is 195 Å². The SMILES string of the molecule is CSc1ccccc1C(=O)N(C[C@@H]1CCCO1)c1c(N)n(Cc2ccccc2)c(=O)[nH]c1=O. The molecule has 3 N–H and O–H groups in total. The molecule has 0 unspecified atom stereocenters. The van der Waals surface area contributed by atoms with Gasteiger partial charge in [-0.15, -0.1) is 11.8 Å². The number of nitrogens with zero attached hydrogens (tertiary/aromatic N) is 2. The predicted octanol–water partition coefficient (Wildman–Crippen LogP) is 2.71. The molecule has 3 aromatic rings. The predicted molar refractivity (Wildman–Crippen MR) is 130 cm³/mol. The molecular weight excluding hydrogens is 440 g/mol. The van der Waals surface area contributed by atoms with Crippen LogP contribution in [0, 0.1) is 0 Å². The lowest BCUT2D eigenvalue weighted by atomic mass is 10.1. The number of benzene rings is 2. The number of H-pyrrole nitrogens is 1. The van der Waals surface area contributed by atoms with Crippen LogP contribution in [0.2, 0.25) is 0 Å². The Hall–Kier alpha value is -3.30. The fraction of sp³-hybridized carbons (Fsp3) is 0.292. The van der Waals surface area contributed by atoms with E-state index >= 15 is 0 Å². The van der Waals surface area contributed by atoms with E-state index in [4.69, 9.17) is 10.5 Å². The van der Waals surface area contributed by atoms with E-state index in [2.05, 4.69) is 4.98 Å². The summed E-state index contributed by atoms with van der Waals surface area (Å²) in [5, 5.41) is 0. The van der Waals surface area contributed by atoms with Gasteiger partial charge in [-0.25, -0.2) is 4.79 Å². The van der Waals surface area contributed by atoms with Crippen molar-refractivity contribution in [2.45, 2.75) is 30.4 Å². The maximum Gasteiger partial charge on any atom is 0.330 e. The summed E-state index contributed by atoms with van der Waals surface area (Å²) in [5.74, 6) is -0.418. The van der Waals surface area contributed by atoms with Crippen LogP contribution in [-0.4, -0.2) is 41.0 Å². The lowest BCUT2D eigenvalue weighted by Crippen LogP contribution is -2.44. The first-order chi connectivity index (χ1) is 16.0. The number of amides is 1. The fourth-order valence-corrected chi connectivity index (χ4v) is 4.59. The molecule has 1 aliphatic heterocycles. The van der Waals surface area contributed by atoms with Crippen molar-refractivity contribution < 1.29 is 9.53 Å². The van der Waals surface area contributed by atoms with Crippen molar-refractivity contribution in [3.63, 3.8) is 0 Å². The third-order valence-electron chi connectivity index (χ3n) is 5.66. The number of anilines is 2. The zero-order valence-corrected chi connectivity index (χ0v) is 19.1. The standard InChI is InChI=1S/C24H26N4O4S/c1-33-19-12-6-5-11-18(19)23(30)27(15-17-10-7-13-32-17)20-21(25)28(24(31)26-22(20)29)14-16-8-3-2-4-9-16/h2-6,8-9,11-12,17H,7,10,13-15,25H2,1H3,(H,26,29,31)/t17-/m0/s1. The summed E-state index contributed by atoms with van der Waals surface area (Å²) in [5.41, 5.74) is 6.33. The van der Waals surface area contributed by atoms with E-state index in [1.807, 2.05) is 48.7 Å². The highest BCUT2D eigenvalue weighted by Gasteiger charge is 2.30. The van der Waals surface area contributed by atoms with Gasteiger partial charge >= 0.3 is 5.69 Å². The first-order valence-corrected chi connectivity index (χ1v) is 11.9. The third kappa shape index (κ3) is 4.89. The first kappa shape index (κ1) is 22.9. The maximum atomic E-state index is 13.7. The van der Waals surface area contributed by atoms with E-state index in [0.29, 0.717) is 12.2 Å². The summed E-state index contributed by atoms with van der Waals surface area (Å²) in [6.45, 7) is 0.935. The van der Waals surface area contributed by atoms with E-state index in [9.17, 15) is 14.4 Å². The second-order valence-electron chi connectivity index (χ2n) is 7.82. The monoisotopic (exact) mass is 466 g/mol. The van der Waals surface area contributed by atoms with E-state index < -0.39 is 11.2 Å². The molecule has 1 aromatic heterocycles. The second-order valence-corrected chi connectivity index (χ2v) is 8.66. The van der Waals surface area contributed by atoms with E-state index in [0.717, 1.165) is 23.3 Å². The van der Waals surface area contributed by atoms with Gasteiger partial charge in [-0.1, -0.05) is 42.5 Å². The number of hydrogen-bond donors (Lipinski definition) is 2. The Morgan fingerprint density at radius 1 is 1.18 bits per heavy atom. The van der Waals surface area contributed by atoms with Crippen LogP contribution in [0.3, 0.4) is 0 Å². The third-order valence-corrected chi connectivity index (χ3v) is 6.46. The van der Waals surface area contributed by atoms with E-state index in [1.165, 1.54) is 21.2 Å². The van der Waals surface area contributed by atoms with Crippen molar-refractivity contribution in [2.24, 2.45) is 0 Å². The van der Waals surface area contributed by atoms with Gasteiger partial charge in [0.1, 0.15) is 5.82 Å². The number of ether oxygens (including phenoxy) is 1. The van der Waals surface area contributed by atoms with Gasteiger partial charge in [0.15, 0.2) is 5.69 Å². The van der Waals surface area contributed by atoms with Gasteiger partial charge in [-0.3, -0.25) is 24.0 Å². The van der Waals surface area contributed by atoms with Crippen molar-refractivity contribution in [3.8, 4) is 0 Å². The molecule has 1 saturated heterocycles. The Bertz CT molecular complexity index is 1250. The summed E-state index contributed by atoms with van der Waals surface area (Å²) in [4.78, 5) is 43.8. The Morgan fingerprint density at radius 3 is 2.61 bits per heavy atom. The normalized spacial score (nSPS) is 15.5. The van der Waals surface area contributed by atoms with Crippen molar-refractivity contribution in [1.82, 2.24) is 9.55 Å². The number of nitrogens with one attached hydrogen (secondary N) is 1. The number of nitrogens with two attached hydrogens (primary N) is 1. The van der Waals surface area contributed by atoms with Gasteiger partial charge in [0.05, 0.1) is 24.8 Å². The van der Waals surface area contributed by atoms with Crippen LogP contribution in [0.4, 0.5) is 11.5 Å². The second kappa shape index (κ2) is 10.1. The topological polar surface area (TPSA) is 110 Å². The average molecular weight is 467 g/mol. The average Bonchev–Trinajstić information content (AvgIpc) is 3.34. The van der Waals surface area contributed by atoms with E-state index in [-0.39, 0.29) is 36.6 Å². The van der Waals surface area contributed by atoms with Crippen LogP contribution in [0.15, 0.2) is 69.1 Å². The van der Waals surface area contributed by atoms with Gasteiger partial charge < -0.3 is 10.5 Å². The summed E-state index contributed by atoms with van der Waals surface area (Å²) in [6, 6.07) is 16.5. The quantitative estimate of drug-likeness (QED) is 0.518. The van der Waals surface area contributed by atoms with Crippen LogP contribution in [0.5, 0.6) is 0 Å². The van der Waals surface area contributed by atoms with Crippen LogP contribution in [-0.2, 0) is 11.3 Å². The summed E-state index contributed by atoms with van der Waals surface area (Å²) < 4.78 is 7.04. The maximum absolute atomic E-state index is 13.7. The molecule has 0 saturated carbocycles. The Morgan fingerprint density at radius 2 is 1.91 bits per heavy atom. The molecule has 1 fully saturated rings. The molecule has 172 valence electrons. The highest BCUT2D eigenvalue weighted by atomic mass is 32.2. The zero-order chi connectivity index (χ0) is 23.4. The molecule has 9 heteroatoms. The molecule has 4 rings (SSSR count). The Kier molecular flexibility index (Phi) is 7.00. The summed E-state index contributed by atoms with van der Waals surface area (Å²) in [6.07, 6.45) is 3.32. The van der Waals surface area contributed by atoms with Gasteiger partial charge in [0, 0.05) is 11.5 Å². The molecule has 8 nitrogen and oxygen atoms in total. The first-order valence-electron chi connectivity index (χ1n) is 10.7. The van der Waals surface area contributed by atoms with Crippen molar-refractivity contribution in [2.75, 3.05) is 30.0 Å². The summed E-state index contributed by atoms with van der Waals surface area (Å²) >= 11 is 1.44. The molecule has 2 heterocycles. The molecule has 1 atom stereocenters. The van der Waals surface area contributed by atoms with Crippen LogP contribution in [0.1, 0.15) is 28.8 Å². The minimum absolute atomic E-state index is 0.0399. The molecule has 2 aromatic carbocycles. The van der Waals surface area contributed by atoms with Crippen LogP contribution >= 0.6 is 11.8 Å². The molecule has 1 aliphatic rings. The number of thioether (sulfide) groups is 1. The number of hydrogen-bond acceptors (Lipinski definition) is 6. The number of aromatic amines is 1.